The van der Waals surface area contributed by atoms with Gasteiger partial charge in [-0.2, -0.15) is 0 Å². The lowest BCUT2D eigenvalue weighted by molar-refractivity contribution is 0.281. The van der Waals surface area contributed by atoms with Crippen LogP contribution in [0.3, 0.4) is 0 Å². The first-order valence-corrected chi connectivity index (χ1v) is 4.60. The molecule has 0 saturated heterocycles. The highest BCUT2D eigenvalue weighted by molar-refractivity contribution is 9.10. The Hall–Kier alpha value is -0.670. The Labute approximate surface area is 85.0 Å². The average Bonchev–Trinajstić information content (AvgIpc) is 2.01. The van der Waals surface area contributed by atoms with Gasteiger partial charge in [-0.3, -0.25) is 0 Å². The maximum Gasteiger partial charge on any atom is 0.124 e. The van der Waals surface area contributed by atoms with Crippen LogP contribution in [-0.2, 0) is 6.61 Å². The Balaban J connectivity index is 3.38. The highest BCUT2D eigenvalue weighted by Crippen LogP contribution is 2.28. The lowest BCUT2D eigenvalue weighted by atomic mass is 10.0. The SMILES string of the molecule is C=C(C)c1c(Br)cc(F)cc1CO. The molecule has 0 unspecified atom stereocenters. The van der Waals surface area contributed by atoms with Gasteiger partial charge in [0.1, 0.15) is 5.82 Å². The number of halogens is 2. The first kappa shape index (κ1) is 10.4. The molecular formula is C10H10BrFO. The second-order valence-corrected chi connectivity index (χ2v) is 3.71. The molecule has 0 aliphatic rings. The van der Waals surface area contributed by atoms with Crippen LogP contribution in [0.15, 0.2) is 23.2 Å². The van der Waals surface area contributed by atoms with Gasteiger partial charge in [0.05, 0.1) is 6.61 Å². The predicted octanol–water partition coefficient (Wildman–Crippen LogP) is 3.11. The third-order valence-corrected chi connectivity index (χ3v) is 2.36. The van der Waals surface area contributed by atoms with E-state index in [1.54, 1.807) is 0 Å². The van der Waals surface area contributed by atoms with E-state index in [1.807, 2.05) is 6.92 Å². The van der Waals surface area contributed by atoms with Crippen LogP contribution in [0.1, 0.15) is 18.1 Å². The summed E-state index contributed by atoms with van der Waals surface area (Å²) in [6, 6.07) is 2.68. The smallest absolute Gasteiger partial charge is 0.124 e. The predicted molar refractivity (Wildman–Crippen MR) is 54.7 cm³/mol. The molecule has 3 heteroatoms. The van der Waals surface area contributed by atoms with Crippen molar-refractivity contribution >= 4 is 21.5 Å². The lowest BCUT2D eigenvalue weighted by Gasteiger charge is -2.09. The summed E-state index contributed by atoms with van der Waals surface area (Å²) in [4.78, 5) is 0. The van der Waals surface area contributed by atoms with Crippen LogP contribution in [0.4, 0.5) is 4.39 Å². The third kappa shape index (κ3) is 2.17. The molecule has 0 fully saturated rings. The highest BCUT2D eigenvalue weighted by Gasteiger charge is 2.08. The van der Waals surface area contributed by atoms with Crippen molar-refractivity contribution in [3.63, 3.8) is 0 Å². The number of aliphatic hydroxyl groups is 1. The molecule has 1 rings (SSSR count). The van der Waals surface area contributed by atoms with Gasteiger partial charge in [-0.25, -0.2) is 4.39 Å². The van der Waals surface area contributed by atoms with Crippen LogP contribution in [0.5, 0.6) is 0 Å². The maximum atomic E-state index is 12.9. The minimum Gasteiger partial charge on any atom is -0.392 e. The van der Waals surface area contributed by atoms with Gasteiger partial charge in [0.25, 0.3) is 0 Å². The fraction of sp³-hybridized carbons (Fsp3) is 0.200. The van der Waals surface area contributed by atoms with E-state index >= 15 is 0 Å². The molecule has 70 valence electrons. The summed E-state index contributed by atoms with van der Waals surface area (Å²) in [6.45, 7) is 5.40. The van der Waals surface area contributed by atoms with Crippen molar-refractivity contribution in [2.45, 2.75) is 13.5 Å². The Morgan fingerprint density at radius 1 is 1.62 bits per heavy atom. The molecule has 13 heavy (non-hydrogen) atoms. The summed E-state index contributed by atoms with van der Waals surface area (Å²) in [5.74, 6) is -0.360. The van der Waals surface area contributed by atoms with Crippen molar-refractivity contribution in [3.05, 3.63) is 40.1 Å². The molecule has 0 aromatic heterocycles. The van der Waals surface area contributed by atoms with E-state index in [-0.39, 0.29) is 12.4 Å². The first-order chi connectivity index (χ1) is 6.06. The monoisotopic (exact) mass is 244 g/mol. The van der Waals surface area contributed by atoms with Crippen LogP contribution in [0.2, 0.25) is 0 Å². The van der Waals surface area contributed by atoms with Crippen molar-refractivity contribution < 1.29 is 9.50 Å². The molecule has 0 aliphatic carbocycles. The van der Waals surface area contributed by atoms with E-state index in [0.717, 1.165) is 11.1 Å². The first-order valence-electron chi connectivity index (χ1n) is 3.81. The van der Waals surface area contributed by atoms with Crippen molar-refractivity contribution in [1.29, 1.82) is 0 Å². The Morgan fingerprint density at radius 3 is 2.69 bits per heavy atom. The largest absolute Gasteiger partial charge is 0.392 e. The van der Waals surface area contributed by atoms with E-state index < -0.39 is 0 Å². The summed E-state index contributed by atoms with van der Waals surface area (Å²) in [5, 5.41) is 8.99. The van der Waals surface area contributed by atoms with Crippen molar-refractivity contribution in [2.75, 3.05) is 0 Å². The van der Waals surface area contributed by atoms with Gasteiger partial charge in [-0.15, -0.1) is 0 Å². The molecule has 0 atom stereocenters. The summed E-state index contributed by atoms with van der Waals surface area (Å²) in [5.41, 5.74) is 2.14. The standard InChI is InChI=1S/C10H10BrFO/c1-6(2)10-7(5-13)3-8(12)4-9(10)11/h3-4,13H,1,5H2,2H3. The fourth-order valence-corrected chi connectivity index (χ4v) is 2.04. The minimum absolute atomic E-state index is 0.182. The van der Waals surface area contributed by atoms with Crippen molar-refractivity contribution in [3.8, 4) is 0 Å². The summed E-state index contributed by atoms with van der Waals surface area (Å²) in [6.07, 6.45) is 0. The minimum atomic E-state index is -0.360. The molecule has 1 nitrogen and oxygen atoms in total. The van der Waals surface area contributed by atoms with Crippen LogP contribution in [0, 0.1) is 5.82 Å². The number of hydrogen-bond acceptors (Lipinski definition) is 1. The quantitative estimate of drug-likeness (QED) is 0.848. The number of hydrogen-bond donors (Lipinski definition) is 1. The Kier molecular flexibility index (Phi) is 3.22. The molecule has 1 N–H and O–H groups in total. The van der Waals surface area contributed by atoms with Crippen LogP contribution < -0.4 is 0 Å². The Morgan fingerprint density at radius 2 is 2.23 bits per heavy atom. The van der Waals surface area contributed by atoms with Crippen LogP contribution in [0.25, 0.3) is 5.57 Å². The van der Waals surface area contributed by atoms with E-state index in [2.05, 4.69) is 22.5 Å². The van der Waals surface area contributed by atoms with Gasteiger partial charge < -0.3 is 5.11 Å². The molecule has 0 saturated carbocycles. The molecular weight excluding hydrogens is 235 g/mol. The zero-order valence-electron chi connectivity index (χ0n) is 7.27. The second-order valence-electron chi connectivity index (χ2n) is 2.86. The van der Waals surface area contributed by atoms with Gasteiger partial charge in [0.2, 0.25) is 0 Å². The molecule has 0 heterocycles. The molecule has 0 aliphatic heterocycles. The molecule has 1 aromatic carbocycles. The van der Waals surface area contributed by atoms with Gasteiger partial charge in [0.15, 0.2) is 0 Å². The van der Waals surface area contributed by atoms with E-state index in [4.69, 9.17) is 5.11 Å². The van der Waals surface area contributed by atoms with Crippen LogP contribution >= 0.6 is 15.9 Å². The summed E-state index contributed by atoms with van der Waals surface area (Å²) in [7, 11) is 0. The zero-order chi connectivity index (χ0) is 10.0. The van der Waals surface area contributed by atoms with Gasteiger partial charge in [-0.05, 0) is 35.8 Å². The average molecular weight is 245 g/mol. The number of allylic oxidation sites excluding steroid dienone is 1. The number of aliphatic hydroxyl groups excluding tert-OH is 1. The lowest BCUT2D eigenvalue weighted by Crippen LogP contribution is -1.94. The second kappa shape index (κ2) is 4.03. The highest BCUT2D eigenvalue weighted by atomic mass is 79.9. The normalized spacial score (nSPS) is 10.2. The Bertz CT molecular complexity index is 347. The van der Waals surface area contributed by atoms with E-state index in [0.29, 0.717) is 10.0 Å². The van der Waals surface area contributed by atoms with Gasteiger partial charge in [0, 0.05) is 4.47 Å². The molecule has 0 amide bonds. The number of rotatable bonds is 2. The summed E-state index contributed by atoms with van der Waals surface area (Å²) >= 11 is 3.23. The molecule has 1 aromatic rings. The molecule has 0 radical (unpaired) electrons. The zero-order valence-corrected chi connectivity index (χ0v) is 8.86. The topological polar surface area (TPSA) is 20.2 Å². The van der Waals surface area contributed by atoms with E-state index in [1.165, 1.54) is 12.1 Å². The van der Waals surface area contributed by atoms with E-state index in [9.17, 15) is 4.39 Å². The molecule has 0 spiro atoms. The van der Waals surface area contributed by atoms with Crippen molar-refractivity contribution in [1.82, 2.24) is 0 Å². The van der Waals surface area contributed by atoms with Crippen LogP contribution in [-0.4, -0.2) is 5.11 Å². The fourth-order valence-electron chi connectivity index (χ4n) is 1.23. The van der Waals surface area contributed by atoms with Gasteiger partial charge in [-0.1, -0.05) is 22.5 Å². The van der Waals surface area contributed by atoms with Gasteiger partial charge >= 0.3 is 0 Å². The summed E-state index contributed by atoms with van der Waals surface area (Å²) < 4.78 is 13.5. The maximum absolute atomic E-state index is 12.9. The molecule has 0 bridgehead atoms. The van der Waals surface area contributed by atoms with Crippen molar-refractivity contribution in [2.24, 2.45) is 0 Å². The number of benzene rings is 1. The third-order valence-electron chi connectivity index (χ3n) is 1.73.